The SMILES string of the molecule is Cc1cc2cc(CN3CC(C)C(N)C3)oc2cc1C. The van der Waals surface area contributed by atoms with E-state index in [2.05, 4.69) is 43.9 Å². The van der Waals surface area contributed by atoms with Gasteiger partial charge in [-0.2, -0.15) is 0 Å². The van der Waals surface area contributed by atoms with Gasteiger partial charge in [0, 0.05) is 24.5 Å². The third-order valence-corrected chi connectivity index (χ3v) is 4.31. The van der Waals surface area contributed by atoms with Crippen LogP contribution in [0.15, 0.2) is 22.6 Å². The third-order valence-electron chi connectivity index (χ3n) is 4.31. The molecule has 0 amide bonds. The van der Waals surface area contributed by atoms with Gasteiger partial charge in [-0.05, 0) is 49.1 Å². The van der Waals surface area contributed by atoms with Crippen molar-refractivity contribution < 1.29 is 4.42 Å². The van der Waals surface area contributed by atoms with E-state index in [1.807, 2.05) is 0 Å². The largest absolute Gasteiger partial charge is 0.460 e. The maximum Gasteiger partial charge on any atom is 0.134 e. The summed E-state index contributed by atoms with van der Waals surface area (Å²) in [5, 5.41) is 1.20. The molecule has 2 heterocycles. The Morgan fingerprint density at radius 1 is 1.21 bits per heavy atom. The predicted molar refractivity (Wildman–Crippen MR) is 78.1 cm³/mol. The first-order valence-electron chi connectivity index (χ1n) is 7.00. The zero-order valence-corrected chi connectivity index (χ0v) is 11.9. The first-order chi connectivity index (χ1) is 9.02. The van der Waals surface area contributed by atoms with Gasteiger partial charge in [-0.1, -0.05) is 6.92 Å². The van der Waals surface area contributed by atoms with E-state index in [1.165, 1.54) is 16.5 Å². The monoisotopic (exact) mass is 258 g/mol. The summed E-state index contributed by atoms with van der Waals surface area (Å²) in [5.41, 5.74) is 9.66. The van der Waals surface area contributed by atoms with Crippen LogP contribution >= 0.6 is 0 Å². The molecule has 0 bridgehead atoms. The van der Waals surface area contributed by atoms with Crippen LogP contribution < -0.4 is 5.73 Å². The lowest BCUT2D eigenvalue weighted by Crippen LogP contribution is -2.28. The molecule has 2 N–H and O–H groups in total. The van der Waals surface area contributed by atoms with Crippen molar-refractivity contribution in [1.29, 1.82) is 0 Å². The topological polar surface area (TPSA) is 42.4 Å². The van der Waals surface area contributed by atoms with Crippen molar-refractivity contribution in [3.63, 3.8) is 0 Å². The molecule has 1 aromatic carbocycles. The van der Waals surface area contributed by atoms with Crippen molar-refractivity contribution in [2.75, 3.05) is 13.1 Å². The summed E-state index contributed by atoms with van der Waals surface area (Å²) >= 11 is 0. The molecule has 1 fully saturated rings. The average Bonchev–Trinajstić information content (AvgIpc) is 2.84. The molecule has 3 nitrogen and oxygen atoms in total. The van der Waals surface area contributed by atoms with Crippen LogP contribution in [0.5, 0.6) is 0 Å². The highest BCUT2D eigenvalue weighted by atomic mass is 16.3. The number of benzene rings is 1. The van der Waals surface area contributed by atoms with E-state index >= 15 is 0 Å². The number of hydrogen-bond donors (Lipinski definition) is 1. The number of nitrogens with two attached hydrogens (primary N) is 1. The molecule has 0 saturated carbocycles. The number of nitrogens with zero attached hydrogens (tertiary/aromatic N) is 1. The average molecular weight is 258 g/mol. The highest BCUT2D eigenvalue weighted by molar-refractivity contribution is 5.79. The predicted octanol–water partition coefficient (Wildman–Crippen LogP) is 2.83. The number of likely N-dealkylation sites (tertiary alicyclic amines) is 1. The molecule has 1 aromatic heterocycles. The van der Waals surface area contributed by atoms with Crippen LogP contribution in [0.4, 0.5) is 0 Å². The Kier molecular flexibility index (Phi) is 3.11. The minimum absolute atomic E-state index is 0.300. The molecule has 0 aliphatic carbocycles. The molecule has 3 rings (SSSR count). The molecule has 19 heavy (non-hydrogen) atoms. The van der Waals surface area contributed by atoms with Gasteiger partial charge in [0.15, 0.2) is 0 Å². The Morgan fingerprint density at radius 2 is 1.95 bits per heavy atom. The summed E-state index contributed by atoms with van der Waals surface area (Å²) in [6.07, 6.45) is 0. The van der Waals surface area contributed by atoms with Gasteiger partial charge < -0.3 is 10.2 Å². The van der Waals surface area contributed by atoms with Gasteiger partial charge in [-0.3, -0.25) is 4.90 Å². The second-order valence-electron chi connectivity index (χ2n) is 6.02. The quantitative estimate of drug-likeness (QED) is 0.900. The molecule has 2 aromatic rings. The van der Waals surface area contributed by atoms with Crippen molar-refractivity contribution in [2.45, 2.75) is 33.4 Å². The molecular weight excluding hydrogens is 236 g/mol. The Labute approximate surface area is 114 Å². The lowest BCUT2D eigenvalue weighted by molar-refractivity contribution is 0.292. The molecule has 3 heteroatoms. The Balaban J connectivity index is 1.82. The molecule has 2 atom stereocenters. The zero-order valence-electron chi connectivity index (χ0n) is 11.9. The molecular formula is C16H22N2O. The van der Waals surface area contributed by atoms with Crippen LogP contribution in [-0.2, 0) is 6.54 Å². The van der Waals surface area contributed by atoms with Gasteiger partial charge in [0.2, 0.25) is 0 Å². The van der Waals surface area contributed by atoms with Gasteiger partial charge in [0.05, 0.1) is 6.54 Å². The molecule has 1 aliphatic rings. The van der Waals surface area contributed by atoms with Crippen LogP contribution in [-0.4, -0.2) is 24.0 Å². The zero-order chi connectivity index (χ0) is 13.6. The van der Waals surface area contributed by atoms with E-state index in [0.717, 1.165) is 31.0 Å². The number of hydrogen-bond acceptors (Lipinski definition) is 3. The highest BCUT2D eigenvalue weighted by Crippen LogP contribution is 2.25. The van der Waals surface area contributed by atoms with E-state index in [-0.39, 0.29) is 0 Å². The van der Waals surface area contributed by atoms with Gasteiger partial charge in [0.1, 0.15) is 11.3 Å². The normalized spacial score (nSPS) is 24.4. The molecule has 0 spiro atoms. The maximum absolute atomic E-state index is 6.06. The van der Waals surface area contributed by atoms with Gasteiger partial charge >= 0.3 is 0 Å². The number of aryl methyl sites for hydroxylation is 2. The molecule has 1 aliphatic heterocycles. The van der Waals surface area contributed by atoms with Crippen molar-refractivity contribution in [3.05, 3.63) is 35.1 Å². The lowest BCUT2D eigenvalue weighted by Gasteiger charge is -2.12. The van der Waals surface area contributed by atoms with Crippen LogP contribution in [0.1, 0.15) is 23.8 Å². The van der Waals surface area contributed by atoms with Crippen molar-refractivity contribution in [2.24, 2.45) is 11.7 Å². The minimum Gasteiger partial charge on any atom is -0.460 e. The maximum atomic E-state index is 6.06. The summed E-state index contributed by atoms with van der Waals surface area (Å²) in [6, 6.07) is 6.80. The van der Waals surface area contributed by atoms with E-state index in [4.69, 9.17) is 10.2 Å². The molecule has 0 radical (unpaired) electrons. The van der Waals surface area contributed by atoms with E-state index in [0.29, 0.717) is 12.0 Å². The second kappa shape index (κ2) is 4.66. The van der Waals surface area contributed by atoms with Crippen molar-refractivity contribution >= 4 is 11.0 Å². The van der Waals surface area contributed by atoms with Crippen LogP contribution in [0.3, 0.4) is 0 Å². The number of fused-ring (bicyclic) bond motifs is 1. The molecule has 102 valence electrons. The first-order valence-corrected chi connectivity index (χ1v) is 7.00. The Morgan fingerprint density at radius 3 is 2.63 bits per heavy atom. The fourth-order valence-electron chi connectivity index (χ4n) is 2.88. The van der Waals surface area contributed by atoms with Crippen LogP contribution in [0, 0.1) is 19.8 Å². The van der Waals surface area contributed by atoms with Crippen LogP contribution in [0.25, 0.3) is 11.0 Å². The van der Waals surface area contributed by atoms with Crippen molar-refractivity contribution in [3.8, 4) is 0 Å². The summed E-state index contributed by atoms with van der Waals surface area (Å²) in [6.45, 7) is 9.38. The number of furan rings is 1. The van der Waals surface area contributed by atoms with Gasteiger partial charge in [0.25, 0.3) is 0 Å². The summed E-state index contributed by atoms with van der Waals surface area (Å²) in [4.78, 5) is 2.38. The van der Waals surface area contributed by atoms with E-state index < -0.39 is 0 Å². The Bertz CT molecular complexity index is 553. The minimum atomic E-state index is 0.300. The summed E-state index contributed by atoms with van der Waals surface area (Å²) < 4.78 is 5.95. The Hall–Kier alpha value is -1.32. The highest BCUT2D eigenvalue weighted by Gasteiger charge is 2.27. The van der Waals surface area contributed by atoms with E-state index in [1.54, 1.807) is 0 Å². The second-order valence-corrected chi connectivity index (χ2v) is 6.02. The fraction of sp³-hybridized carbons (Fsp3) is 0.500. The van der Waals surface area contributed by atoms with Crippen molar-refractivity contribution in [1.82, 2.24) is 4.90 Å². The van der Waals surface area contributed by atoms with Gasteiger partial charge in [-0.15, -0.1) is 0 Å². The molecule has 2 unspecified atom stereocenters. The first kappa shape index (κ1) is 12.7. The summed E-state index contributed by atoms with van der Waals surface area (Å²) in [7, 11) is 0. The number of rotatable bonds is 2. The van der Waals surface area contributed by atoms with Crippen LogP contribution in [0.2, 0.25) is 0 Å². The van der Waals surface area contributed by atoms with E-state index in [9.17, 15) is 0 Å². The fourth-order valence-corrected chi connectivity index (χ4v) is 2.88. The summed E-state index contributed by atoms with van der Waals surface area (Å²) in [5.74, 6) is 1.62. The lowest BCUT2D eigenvalue weighted by atomic mass is 10.1. The standard InChI is InChI=1S/C16H22N2O/c1-10-4-13-6-14(19-16(13)5-11(10)2)8-18-7-12(3)15(17)9-18/h4-6,12,15H,7-9,17H2,1-3H3. The third kappa shape index (κ3) is 2.40. The molecule has 1 saturated heterocycles. The van der Waals surface area contributed by atoms with Gasteiger partial charge in [-0.25, -0.2) is 0 Å². The smallest absolute Gasteiger partial charge is 0.134 e.